The second kappa shape index (κ2) is 6.76. The van der Waals surface area contributed by atoms with Crippen LogP contribution in [0, 0.1) is 0 Å². The van der Waals surface area contributed by atoms with Crippen LogP contribution in [0.2, 0.25) is 5.02 Å². The summed E-state index contributed by atoms with van der Waals surface area (Å²) in [5, 5.41) is 2.92. The first-order valence-electron chi connectivity index (χ1n) is 9.97. The van der Waals surface area contributed by atoms with Crippen molar-refractivity contribution in [1.82, 2.24) is 0 Å². The van der Waals surface area contributed by atoms with E-state index in [9.17, 15) is 0 Å². The normalized spacial score (nSPS) is 11.8. The predicted octanol–water partition coefficient (Wildman–Crippen LogP) is 8.60. The summed E-state index contributed by atoms with van der Waals surface area (Å²) in [5.74, 6) is 1.66. The van der Waals surface area contributed by atoms with Gasteiger partial charge in [0, 0.05) is 27.6 Å². The van der Waals surface area contributed by atoms with Crippen molar-refractivity contribution in [1.29, 1.82) is 0 Å². The van der Waals surface area contributed by atoms with Crippen molar-refractivity contribution in [2.24, 2.45) is 0 Å². The first kappa shape index (κ1) is 17.3. The summed E-state index contributed by atoms with van der Waals surface area (Å²) in [6.07, 6.45) is 0. The average Bonchev–Trinajstić information content (AvgIpc) is 2.93. The zero-order valence-corrected chi connectivity index (χ0v) is 16.9. The van der Waals surface area contributed by atoms with Gasteiger partial charge in [0.1, 0.15) is 11.5 Å². The molecule has 0 radical (unpaired) electrons. The number of benzene rings is 5. The number of fused-ring (bicyclic) bond motifs is 7. The molecule has 0 saturated heterocycles. The third-order valence-corrected chi connectivity index (χ3v) is 5.98. The minimum atomic E-state index is 0.667. The maximum absolute atomic E-state index is 6.54. The summed E-state index contributed by atoms with van der Waals surface area (Å²) in [6, 6.07) is 35.7. The van der Waals surface area contributed by atoms with E-state index in [4.69, 9.17) is 16.3 Å². The van der Waals surface area contributed by atoms with Gasteiger partial charge in [-0.3, -0.25) is 0 Å². The molecule has 2 heteroatoms. The Morgan fingerprint density at radius 2 is 1.30 bits per heavy atom. The van der Waals surface area contributed by atoms with E-state index in [2.05, 4.69) is 78.9 Å². The maximum Gasteiger partial charge on any atom is 0.143 e. The van der Waals surface area contributed by atoms with E-state index in [0.717, 1.165) is 44.5 Å². The van der Waals surface area contributed by atoms with E-state index in [1.807, 2.05) is 24.3 Å². The van der Waals surface area contributed by atoms with E-state index in [0.29, 0.717) is 5.02 Å². The van der Waals surface area contributed by atoms with Crippen LogP contribution in [0.5, 0.6) is 11.5 Å². The fourth-order valence-corrected chi connectivity index (χ4v) is 4.45. The van der Waals surface area contributed by atoms with Crippen molar-refractivity contribution in [3.05, 3.63) is 108 Å². The molecule has 0 atom stereocenters. The molecule has 0 bridgehead atoms. The van der Waals surface area contributed by atoms with Crippen molar-refractivity contribution in [3.63, 3.8) is 0 Å². The van der Waals surface area contributed by atoms with Crippen LogP contribution in [0.3, 0.4) is 0 Å². The van der Waals surface area contributed by atoms with Gasteiger partial charge in [0.25, 0.3) is 0 Å². The minimum Gasteiger partial charge on any atom is -0.455 e. The lowest BCUT2D eigenvalue weighted by molar-refractivity contribution is 0.493. The first-order valence-corrected chi connectivity index (χ1v) is 10.3. The molecule has 1 aliphatic heterocycles. The lowest BCUT2D eigenvalue weighted by atomic mass is 9.90. The smallest absolute Gasteiger partial charge is 0.143 e. The number of hydrogen-bond acceptors (Lipinski definition) is 1. The Morgan fingerprint density at radius 3 is 2.20 bits per heavy atom. The lowest BCUT2D eigenvalue weighted by Gasteiger charge is -2.13. The molecule has 0 fully saturated rings. The molecule has 142 valence electrons. The molecule has 5 aromatic rings. The van der Waals surface area contributed by atoms with Crippen LogP contribution < -0.4 is 4.74 Å². The Balaban J connectivity index is 1.71. The Bertz CT molecular complexity index is 1420. The van der Waals surface area contributed by atoms with Crippen LogP contribution in [-0.2, 0) is 0 Å². The summed E-state index contributed by atoms with van der Waals surface area (Å²) >= 11 is 6.33. The molecule has 0 spiro atoms. The quantitative estimate of drug-likeness (QED) is 0.266. The van der Waals surface area contributed by atoms with Crippen molar-refractivity contribution in [3.8, 4) is 44.9 Å². The van der Waals surface area contributed by atoms with E-state index in [-0.39, 0.29) is 0 Å². The topological polar surface area (TPSA) is 9.23 Å². The molecule has 0 aromatic heterocycles. The summed E-state index contributed by atoms with van der Waals surface area (Å²) < 4.78 is 6.54. The predicted molar refractivity (Wildman–Crippen MR) is 125 cm³/mol. The molecule has 1 nitrogen and oxygen atoms in total. The van der Waals surface area contributed by atoms with Gasteiger partial charge in [-0.2, -0.15) is 0 Å². The van der Waals surface area contributed by atoms with Gasteiger partial charge < -0.3 is 4.74 Å². The Labute approximate surface area is 180 Å². The fraction of sp³-hybridized carbons (Fsp3) is 0. The van der Waals surface area contributed by atoms with Gasteiger partial charge >= 0.3 is 0 Å². The van der Waals surface area contributed by atoms with E-state index >= 15 is 0 Å². The standard InChI is InChI=1S/C28H17ClO/c29-21-12-15-24-23-13-11-20(18-6-2-1-3-7-18)16-26(23)25-14-10-19-8-4-5-9-22(19)28(25)30-27(24)17-21/h1-17H. The van der Waals surface area contributed by atoms with Crippen molar-refractivity contribution >= 4 is 22.4 Å². The average molecular weight is 405 g/mol. The van der Waals surface area contributed by atoms with Crippen LogP contribution in [-0.4, -0.2) is 0 Å². The zero-order chi connectivity index (χ0) is 20.1. The third kappa shape index (κ3) is 2.71. The molecular weight excluding hydrogens is 388 g/mol. The fourth-order valence-electron chi connectivity index (χ4n) is 4.29. The maximum atomic E-state index is 6.54. The third-order valence-electron chi connectivity index (χ3n) is 5.74. The minimum absolute atomic E-state index is 0.667. The van der Waals surface area contributed by atoms with Crippen molar-refractivity contribution in [2.45, 2.75) is 0 Å². The second-order valence-electron chi connectivity index (χ2n) is 7.53. The van der Waals surface area contributed by atoms with Crippen LogP contribution in [0.1, 0.15) is 0 Å². The monoisotopic (exact) mass is 404 g/mol. The van der Waals surface area contributed by atoms with Gasteiger partial charge in [0.05, 0.1) is 0 Å². The number of hydrogen-bond donors (Lipinski definition) is 0. The van der Waals surface area contributed by atoms with E-state index < -0.39 is 0 Å². The molecule has 0 N–H and O–H groups in total. The Hall–Kier alpha value is -3.55. The van der Waals surface area contributed by atoms with Gasteiger partial charge in [-0.1, -0.05) is 84.4 Å². The van der Waals surface area contributed by atoms with Crippen molar-refractivity contribution in [2.75, 3.05) is 0 Å². The van der Waals surface area contributed by atoms with Crippen molar-refractivity contribution < 1.29 is 4.74 Å². The SMILES string of the molecule is Clc1ccc2c(c1)Oc1c(ccc3ccccc13)-c1cc(-c3ccccc3)ccc1-2. The van der Waals surface area contributed by atoms with Crippen LogP contribution in [0.15, 0.2) is 103 Å². The van der Waals surface area contributed by atoms with E-state index in [1.165, 1.54) is 11.1 Å². The molecule has 1 aliphatic rings. The molecule has 30 heavy (non-hydrogen) atoms. The Kier molecular flexibility index (Phi) is 3.90. The molecule has 5 aromatic carbocycles. The highest BCUT2D eigenvalue weighted by Crippen LogP contribution is 2.50. The van der Waals surface area contributed by atoms with Crippen LogP contribution in [0.4, 0.5) is 0 Å². The number of rotatable bonds is 1. The molecular formula is C28H17ClO. The van der Waals surface area contributed by atoms with Crippen LogP contribution >= 0.6 is 11.6 Å². The first-order chi connectivity index (χ1) is 14.8. The highest BCUT2D eigenvalue weighted by Gasteiger charge is 2.23. The zero-order valence-electron chi connectivity index (χ0n) is 16.1. The molecule has 0 unspecified atom stereocenters. The summed E-state index contributed by atoms with van der Waals surface area (Å²) in [5.41, 5.74) is 6.84. The van der Waals surface area contributed by atoms with E-state index in [1.54, 1.807) is 0 Å². The highest BCUT2D eigenvalue weighted by atomic mass is 35.5. The number of ether oxygens (including phenoxy) is 1. The van der Waals surface area contributed by atoms with Gasteiger partial charge in [0.2, 0.25) is 0 Å². The molecule has 6 rings (SSSR count). The number of halogens is 1. The highest BCUT2D eigenvalue weighted by molar-refractivity contribution is 6.30. The van der Waals surface area contributed by atoms with Gasteiger partial charge in [-0.05, 0) is 51.9 Å². The molecule has 0 amide bonds. The van der Waals surface area contributed by atoms with Gasteiger partial charge in [-0.25, -0.2) is 0 Å². The van der Waals surface area contributed by atoms with Gasteiger partial charge in [0.15, 0.2) is 0 Å². The molecule has 1 heterocycles. The summed E-state index contributed by atoms with van der Waals surface area (Å²) in [7, 11) is 0. The van der Waals surface area contributed by atoms with Crippen LogP contribution in [0.25, 0.3) is 44.2 Å². The molecule has 0 saturated carbocycles. The summed E-state index contributed by atoms with van der Waals surface area (Å²) in [4.78, 5) is 0. The molecule has 0 aliphatic carbocycles. The second-order valence-corrected chi connectivity index (χ2v) is 7.97. The Morgan fingerprint density at radius 1 is 0.533 bits per heavy atom. The lowest BCUT2D eigenvalue weighted by Crippen LogP contribution is -1.88. The summed E-state index contributed by atoms with van der Waals surface area (Å²) in [6.45, 7) is 0. The van der Waals surface area contributed by atoms with Gasteiger partial charge in [-0.15, -0.1) is 0 Å². The largest absolute Gasteiger partial charge is 0.455 e.